The number of hydrogen-bond donors (Lipinski definition) is 1. The van der Waals surface area contributed by atoms with Gasteiger partial charge in [-0.1, -0.05) is 61.3 Å². The summed E-state index contributed by atoms with van der Waals surface area (Å²) in [6.07, 6.45) is 0.767. The van der Waals surface area contributed by atoms with Crippen molar-refractivity contribution in [3.05, 3.63) is 69.7 Å². The number of carboxylic acids is 1. The van der Waals surface area contributed by atoms with Crippen LogP contribution in [-0.2, 0) is 19.4 Å². The molecule has 9 heteroatoms. The van der Waals surface area contributed by atoms with Gasteiger partial charge in [0, 0.05) is 22.0 Å². The fraction of sp³-hybridized carbons (Fsp3) is 0.500. The van der Waals surface area contributed by atoms with Crippen LogP contribution in [0.1, 0.15) is 76.5 Å². The normalized spacial score (nSPS) is 23.3. The molecule has 0 aliphatic carbocycles. The van der Waals surface area contributed by atoms with Crippen molar-refractivity contribution < 1.29 is 23.1 Å². The average molecular weight is 569 g/mol. The molecule has 1 N–H and O–H groups in total. The van der Waals surface area contributed by atoms with E-state index in [9.17, 15) is 23.1 Å². The Morgan fingerprint density at radius 3 is 2.30 bits per heavy atom. The quantitative estimate of drug-likeness (QED) is 0.352. The van der Waals surface area contributed by atoms with Crippen molar-refractivity contribution in [1.29, 1.82) is 0 Å². The molecule has 0 bridgehead atoms. The van der Waals surface area contributed by atoms with Crippen LogP contribution in [0, 0.1) is 5.41 Å². The number of carbonyl (C=O) groups excluding carboxylic acids is 1. The van der Waals surface area contributed by atoms with E-state index in [-0.39, 0.29) is 30.4 Å². The number of likely N-dealkylation sites (tertiary alicyclic amines) is 1. The smallest absolute Gasteiger partial charge is 0.304 e. The fourth-order valence-electron chi connectivity index (χ4n) is 5.36. The lowest BCUT2D eigenvalue weighted by atomic mass is 9.67. The summed E-state index contributed by atoms with van der Waals surface area (Å²) < 4.78 is 25.4. The van der Waals surface area contributed by atoms with Gasteiger partial charge in [0.15, 0.2) is 9.84 Å². The van der Waals surface area contributed by atoms with E-state index >= 15 is 0 Å². The zero-order valence-corrected chi connectivity index (χ0v) is 24.0. The van der Waals surface area contributed by atoms with Gasteiger partial charge in [-0.15, -0.1) is 0 Å². The molecule has 0 saturated carbocycles. The molecule has 1 heterocycles. The summed E-state index contributed by atoms with van der Waals surface area (Å²) in [5.74, 6) is -1.65. The average Bonchev–Trinajstić information content (AvgIpc) is 2.82. The lowest BCUT2D eigenvalue weighted by molar-refractivity contribution is -0.160. The molecular weight excluding hydrogens is 533 g/mol. The highest BCUT2D eigenvalue weighted by Crippen LogP contribution is 2.52. The molecule has 1 aliphatic heterocycles. The molecule has 0 spiro atoms. The van der Waals surface area contributed by atoms with Crippen LogP contribution < -0.4 is 0 Å². The Morgan fingerprint density at radius 2 is 1.76 bits per heavy atom. The van der Waals surface area contributed by atoms with Crippen LogP contribution in [0.4, 0.5) is 0 Å². The number of carboxylic acid groups (broad SMARTS) is 1. The first-order chi connectivity index (χ1) is 17.3. The van der Waals surface area contributed by atoms with Crippen LogP contribution in [0.25, 0.3) is 0 Å². The molecule has 202 valence electrons. The standard InChI is InChI=1S/C28H35Cl2NO5S/c1-5-23(13-14-37(35,36)18(2)3)31-26(19-9-11-21(29)12-10-19)24(20-7-6-8-22(30)15-20)16-28(4,27(31)34)17-25(32)33/h6-12,15,18,23-24,26H,5,13-14,16-17H2,1-4H3,(H,32,33)/t23-,24+,26+,28-/m0/s1. The van der Waals surface area contributed by atoms with Gasteiger partial charge >= 0.3 is 5.97 Å². The van der Waals surface area contributed by atoms with Crippen LogP contribution >= 0.6 is 23.2 Å². The summed E-state index contributed by atoms with van der Waals surface area (Å²) in [7, 11) is -3.33. The molecule has 1 amide bonds. The summed E-state index contributed by atoms with van der Waals surface area (Å²) in [4.78, 5) is 27.9. The second-order valence-electron chi connectivity index (χ2n) is 10.5. The van der Waals surface area contributed by atoms with E-state index in [1.165, 1.54) is 0 Å². The summed E-state index contributed by atoms with van der Waals surface area (Å²) in [6.45, 7) is 6.93. The summed E-state index contributed by atoms with van der Waals surface area (Å²) in [6, 6.07) is 13.9. The Kier molecular flexibility index (Phi) is 9.36. The summed E-state index contributed by atoms with van der Waals surface area (Å²) in [5, 5.41) is 10.3. The minimum atomic E-state index is -3.33. The second kappa shape index (κ2) is 11.7. The van der Waals surface area contributed by atoms with Gasteiger partial charge in [0.05, 0.1) is 28.9 Å². The number of halogens is 2. The maximum atomic E-state index is 14.2. The molecule has 0 aromatic heterocycles. The van der Waals surface area contributed by atoms with Crippen molar-refractivity contribution >= 4 is 44.9 Å². The van der Waals surface area contributed by atoms with Gasteiger partial charge in [-0.05, 0) is 68.5 Å². The number of sulfone groups is 1. The molecule has 1 aliphatic rings. The summed E-state index contributed by atoms with van der Waals surface area (Å²) >= 11 is 12.5. The molecule has 0 unspecified atom stereocenters. The van der Waals surface area contributed by atoms with Crippen molar-refractivity contribution in [2.24, 2.45) is 5.41 Å². The zero-order chi connectivity index (χ0) is 27.5. The molecular formula is C28H35Cl2NO5S. The maximum Gasteiger partial charge on any atom is 0.304 e. The Bertz CT molecular complexity index is 1230. The van der Waals surface area contributed by atoms with Gasteiger partial charge in [-0.3, -0.25) is 9.59 Å². The maximum absolute atomic E-state index is 14.2. The Morgan fingerprint density at radius 1 is 1.11 bits per heavy atom. The number of aliphatic carboxylic acids is 1. The van der Waals surface area contributed by atoms with Crippen LogP contribution in [0.3, 0.4) is 0 Å². The minimum Gasteiger partial charge on any atom is -0.481 e. The second-order valence-corrected chi connectivity index (χ2v) is 14.0. The first-order valence-electron chi connectivity index (χ1n) is 12.6. The van der Waals surface area contributed by atoms with Crippen molar-refractivity contribution in [3.63, 3.8) is 0 Å². The van der Waals surface area contributed by atoms with Gasteiger partial charge in [0.25, 0.3) is 0 Å². The molecule has 1 saturated heterocycles. The predicted octanol–water partition coefficient (Wildman–Crippen LogP) is 6.52. The van der Waals surface area contributed by atoms with Gasteiger partial charge in [-0.25, -0.2) is 8.42 Å². The Labute approximate surface area is 229 Å². The highest BCUT2D eigenvalue weighted by Gasteiger charge is 2.52. The topological polar surface area (TPSA) is 91.8 Å². The van der Waals surface area contributed by atoms with Crippen LogP contribution in [0.15, 0.2) is 48.5 Å². The lowest BCUT2D eigenvalue weighted by Crippen LogP contribution is -2.56. The highest BCUT2D eigenvalue weighted by atomic mass is 35.5. The van der Waals surface area contributed by atoms with E-state index in [0.29, 0.717) is 22.9 Å². The number of benzene rings is 2. The SMILES string of the molecule is CC[C@@H](CCS(=O)(=O)C(C)C)N1C(=O)[C@](C)(CC(=O)O)C[C@H](c2cccc(Cl)c2)[C@H]1c1ccc(Cl)cc1. The monoisotopic (exact) mass is 567 g/mol. The number of rotatable bonds is 10. The zero-order valence-electron chi connectivity index (χ0n) is 21.7. The van der Waals surface area contributed by atoms with Crippen LogP contribution in [-0.4, -0.2) is 47.3 Å². The van der Waals surface area contributed by atoms with Crippen molar-refractivity contribution in [2.75, 3.05) is 5.75 Å². The van der Waals surface area contributed by atoms with E-state index in [1.807, 2.05) is 37.3 Å². The first-order valence-corrected chi connectivity index (χ1v) is 15.0. The van der Waals surface area contributed by atoms with Gasteiger partial charge < -0.3 is 10.0 Å². The molecule has 4 atom stereocenters. The first kappa shape index (κ1) is 29.5. The Balaban J connectivity index is 2.20. The van der Waals surface area contributed by atoms with E-state index < -0.39 is 38.6 Å². The molecule has 2 aromatic rings. The van der Waals surface area contributed by atoms with E-state index in [0.717, 1.165) is 11.1 Å². The van der Waals surface area contributed by atoms with Crippen molar-refractivity contribution in [1.82, 2.24) is 4.90 Å². The molecule has 6 nitrogen and oxygen atoms in total. The summed E-state index contributed by atoms with van der Waals surface area (Å²) in [5.41, 5.74) is 0.572. The van der Waals surface area contributed by atoms with E-state index in [4.69, 9.17) is 23.2 Å². The van der Waals surface area contributed by atoms with Gasteiger partial charge in [0.1, 0.15) is 0 Å². The van der Waals surface area contributed by atoms with E-state index in [2.05, 4.69) is 0 Å². The number of amides is 1. The third-order valence-electron chi connectivity index (χ3n) is 7.45. The van der Waals surface area contributed by atoms with Crippen molar-refractivity contribution in [3.8, 4) is 0 Å². The van der Waals surface area contributed by atoms with Crippen molar-refractivity contribution in [2.45, 2.75) is 76.6 Å². The van der Waals surface area contributed by atoms with Gasteiger partial charge in [0.2, 0.25) is 5.91 Å². The molecule has 3 rings (SSSR count). The Hall–Kier alpha value is -2.09. The van der Waals surface area contributed by atoms with E-state index in [1.54, 1.807) is 43.9 Å². The molecule has 37 heavy (non-hydrogen) atoms. The van der Waals surface area contributed by atoms with Gasteiger partial charge in [-0.2, -0.15) is 0 Å². The largest absolute Gasteiger partial charge is 0.481 e. The minimum absolute atomic E-state index is 0.0578. The third kappa shape index (κ3) is 6.68. The van der Waals surface area contributed by atoms with Crippen LogP contribution in [0.5, 0.6) is 0 Å². The number of piperidine rings is 1. The lowest BCUT2D eigenvalue weighted by Gasteiger charge is -2.52. The highest BCUT2D eigenvalue weighted by molar-refractivity contribution is 7.91. The number of hydrogen-bond acceptors (Lipinski definition) is 4. The van der Waals surface area contributed by atoms with Crippen LogP contribution in [0.2, 0.25) is 10.0 Å². The molecule has 1 fully saturated rings. The fourth-order valence-corrected chi connectivity index (χ4v) is 6.75. The number of carbonyl (C=O) groups is 2. The predicted molar refractivity (Wildman–Crippen MR) is 148 cm³/mol. The number of nitrogens with zero attached hydrogens (tertiary/aromatic N) is 1. The molecule has 0 radical (unpaired) electrons. The third-order valence-corrected chi connectivity index (χ3v) is 10.2. The molecule has 2 aromatic carbocycles.